The van der Waals surface area contributed by atoms with Crippen LogP contribution in [0.25, 0.3) is 0 Å². The summed E-state index contributed by atoms with van der Waals surface area (Å²) in [5, 5.41) is 16.1. The first-order chi connectivity index (χ1) is 16.8. The van der Waals surface area contributed by atoms with Crippen LogP contribution < -0.4 is 10.6 Å². The number of carbonyl (C=O) groups excluding carboxylic acids is 1. The van der Waals surface area contributed by atoms with Crippen LogP contribution in [0.3, 0.4) is 0 Å². The minimum absolute atomic E-state index is 0.0276. The molecule has 10 heteroatoms. The van der Waals surface area contributed by atoms with Crippen molar-refractivity contribution in [3.8, 4) is 0 Å². The van der Waals surface area contributed by atoms with E-state index in [0.717, 1.165) is 38.0 Å². The van der Waals surface area contributed by atoms with Gasteiger partial charge < -0.3 is 35.0 Å². The summed E-state index contributed by atoms with van der Waals surface area (Å²) in [5.41, 5.74) is 0.900. The highest BCUT2D eigenvalue weighted by Crippen LogP contribution is 2.25. The molecule has 1 aliphatic rings. The predicted octanol–water partition coefficient (Wildman–Crippen LogP) is 3.83. The lowest BCUT2D eigenvalue weighted by atomic mass is 9.94. The molecule has 0 saturated carbocycles. The van der Waals surface area contributed by atoms with Gasteiger partial charge in [0.15, 0.2) is 0 Å². The van der Waals surface area contributed by atoms with Gasteiger partial charge in [0.05, 0.1) is 12.7 Å². The Morgan fingerprint density at radius 3 is 2.77 bits per heavy atom. The number of hydrogen-bond acceptors (Lipinski definition) is 5. The molecule has 1 saturated heterocycles. The zero-order chi connectivity index (χ0) is 25.6. The minimum atomic E-state index is -1.00. The van der Waals surface area contributed by atoms with Crippen molar-refractivity contribution in [3.05, 3.63) is 34.9 Å². The van der Waals surface area contributed by atoms with E-state index in [2.05, 4.69) is 10.6 Å². The van der Waals surface area contributed by atoms with Gasteiger partial charge in [-0.3, -0.25) is 0 Å². The molecule has 35 heavy (non-hydrogen) atoms. The van der Waals surface area contributed by atoms with Crippen LogP contribution in [0, 0.1) is 5.92 Å². The molecule has 1 heterocycles. The Balaban J connectivity index is 1.97. The van der Waals surface area contributed by atoms with Crippen molar-refractivity contribution < 1.29 is 24.2 Å². The van der Waals surface area contributed by atoms with Crippen LogP contribution >= 0.6 is 11.6 Å². The number of halogens is 1. The number of likely N-dealkylation sites (N-methyl/N-ethyl adjacent to an activating group) is 2. The molecule has 3 atom stereocenters. The number of carboxylic acid groups (broad SMARTS) is 1. The van der Waals surface area contributed by atoms with E-state index in [9.17, 15) is 9.59 Å². The second-order valence-corrected chi connectivity index (χ2v) is 9.45. The van der Waals surface area contributed by atoms with Gasteiger partial charge in [-0.25, -0.2) is 9.59 Å². The van der Waals surface area contributed by atoms with Gasteiger partial charge in [-0.1, -0.05) is 23.7 Å². The van der Waals surface area contributed by atoms with Crippen molar-refractivity contribution in [2.45, 2.75) is 44.8 Å². The Morgan fingerprint density at radius 1 is 1.34 bits per heavy atom. The van der Waals surface area contributed by atoms with Crippen LogP contribution in [0.4, 0.5) is 9.59 Å². The number of urea groups is 1. The van der Waals surface area contributed by atoms with Gasteiger partial charge in [-0.15, -0.1) is 0 Å². The van der Waals surface area contributed by atoms with E-state index < -0.39 is 6.09 Å². The van der Waals surface area contributed by atoms with Crippen molar-refractivity contribution in [3.63, 3.8) is 0 Å². The van der Waals surface area contributed by atoms with E-state index in [-0.39, 0.29) is 31.3 Å². The summed E-state index contributed by atoms with van der Waals surface area (Å²) in [7, 11) is 3.40. The van der Waals surface area contributed by atoms with E-state index in [4.69, 9.17) is 26.2 Å². The zero-order valence-corrected chi connectivity index (χ0v) is 21.9. The predicted molar refractivity (Wildman–Crippen MR) is 137 cm³/mol. The Labute approximate surface area is 214 Å². The summed E-state index contributed by atoms with van der Waals surface area (Å²) >= 11 is 6.19. The molecule has 0 spiro atoms. The third-order valence-electron chi connectivity index (χ3n) is 6.27. The van der Waals surface area contributed by atoms with Crippen molar-refractivity contribution in [2.24, 2.45) is 5.92 Å². The van der Waals surface area contributed by atoms with Crippen molar-refractivity contribution in [1.29, 1.82) is 0 Å². The largest absolute Gasteiger partial charge is 0.465 e. The number of hydrogen-bond donors (Lipinski definition) is 3. The highest BCUT2D eigenvalue weighted by atomic mass is 35.5. The maximum atomic E-state index is 13.1. The third kappa shape index (κ3) is 10.6. The van der Waals surface area contributed by atoms with Crippen LogP contribution in [-0.2, 0) is 9.47 Å². The number of amides is 3. The number of ether oxygens (including phenoxy) is 2. The second kappa shape index (κ2) is 15.8. The lowest BCUT2D eigenvalue weighted by molar-refractivity contribution is 0.0308. The Hall–Kier alpha value is -2.07. The average molecular weight is 513 g/mol. The SMILES string of the molecule is CCN(CC[C@H](OCCN(C)C(=O)O)c1cccc(Cl)c1)C(=O)N[C@H](CNC)C[C@H]1CCCOC1. The van der Waals surface area contributed by atoms with Crippen LogP contribution in [-0.4, -0.2) is 93.2 Å². The first-order valence-corrected chi connectivity index (χ1v) is 12.8. The molecule has 1 aliphatic heterocycles. The average Bonchev–Trinajstić information content (AvgIpc) is 2.83. The first-order valence-electron chi connectivity index (χ1n) is 12.4. The molecule has 0 radical (unpaired) electrons. The van der Waals surface area contributed by atoms with Crippen LogP contribution in [0.5, 0.6) is 0 Å². The van der Waals surface area contributed by atoms with E-state index >= 15 is 0 Å². The highest BCUT2D eigenvalue weighted by molar-refractivity contribution is 6.30. The molecule has 9 nitrogen and oxygen atoms in total. The smallest absolute Gasteiger partial charge is 0.407 e. The summed E-state index contributed by atoms with van der Waals surface area (Å²) in [4.78, 5) is 27.1. The first kappa shape index (κ1) is 29.2. The highest BCUT2D eigenvalue weighted by Gasteiger charge is 2.23. The molecule has 1 aromatic rings. The van der Waals surface area contributed by atoms with Crippen molar-refractivity contribution >= 4 is 23.7 Å². The van der Waals surface area contributed by atoms with E-state index in [1.807, 2.05) is 32.2 Å². The molecular weight excluding hydrogens is 472 g/mol. The molecule has 3 N–H and O–H groups in total. The summed E-state index contributed by atoms with van der Waals surface area (Å²) in [6.07, 6.45) is 2.33. The fourth-order valence-corrected chi connectivity index (χ4v) is 4.46. The van der Waals surface area contributed by atoms with Gasteiger partial charge in [0, 0.05) is 57.5 Å². The lowest BCUT2D eigenvalue weighted by Gasteiger charge is -2.30. The lowest BCUT2D eigenvalue weighted by Crippen LogP contribution is -2.49. The number of nitrogens with zero attached hydrogens (tertiary/aromatic N) is 2. The summed E-state index contributed by atoms with van der Waals surface area (Å²) < 4.78 is 11.7. The molecule has 1 aromatic carbocycles. The van der Waals surface area contributed by atoms with E-state index in [1.165, 1.54) is 11.9 Å². The Kier molecular flexibility index (Phi) is 13.2. The molecule has 0 aromatic heterocycles. The van der Waals surface area contributed by atoms with E-state index in [1.54, 1.807) is 11.0 Å². The standard InChI is InChI=1S/C25H41ClN4O5/c1-4-30(24(31)28-22(17-27-2)15-19-7-6-13-34-18-19)11-10-23(20-8-5-9-21(26)16-20)35-14-12-29(3)25(32)33/h5,8-9,16,19,22-23,27H,4,6-7,10-15,17-18H2,1-3H3,(H,28,31)(H,32,33)/t19-,22+,23+/m1/s1. The molecule has 198 valence electrons. The van der Waals surface area contributed by atoms with E-state index in [0.29, 0.717) is 37.0 Å². The van der Waals surface area contributed by atoms with Gasteiger partial charge in [0.2, 0.25) is 0 Å². The number of benzene rings is 1. The molecular formula is C25H41ClN4O5. The minimum Gasteiger partial charge on any atom is -0.465 e. The molecule has 0 aliphatic carbocycles. The summed E-state index contributed by atoms with van der Waals surface area (Å²) in [5.74, 6) is 0.460. The van der Waals surface area contributed by atoms with Crippen LogP contribution in [0.15, 0.2) is 24.3 Å². The Morgan fingerprint density at radius 2 is 2.14 bits per heavy atom. The number of rotatable bonds is 14. The third-order valence-corrected chi connectivity index (χ3v) is 6.51. The van der Waals surface area contributed by atoms with Crippen LogP contribution in [0.2, 0.25) is 5.02 Å². The molecule has 3 amide bonds. The normalized spacial score (nSPS) is 17.4. The van der Waals surface area contributed by atoms with Gasteiger partial charge >= 0.3 is 12.1 Å². The molecule has 2 rings (SSSR count). The van der Waals surface area contributed by atoms with Gasteiger partial charge in [0.1, 0.15) is 0 Å². The zero-order valence-electron chi connectivity index (χ0n) is 21.2. The number of nitrogens with one attached hydrogen (secondary N) is 2. The fraction of sp³-hybridized carbons (Fsp3) is 0.680. The Bertz CT molecular complexity index is 778. The fourth-order valence-electron chi connectivity index (χ4n) is 4.26. The van der Waals surface area contributed by atoms with Gasteiger partial charge in [0.25, 0.3) is 0 Å². The maximum absolute atomic E-state index is 13.1. The quantitative estimate of drug-likeness (QED) is 0.350. The topological polar surface area (TPSA) is 103 Å². The second-order valence-electron chi connectivity index (χ2n) is 9.01. The summed E-state index contributed by atoms with van der Waals surface area (Å²) in [6, 6.07) is 7.37. The summed E-state index contributed by atoms with van der Waals surface area (Å²) in [6.45, 7) is 5.79. The molecule has 0 unspecified atom stereocenters. The maximum Gasteiger partial charge on any atom is 0.407 e. The van der Waals surface area contributed by atoms with Crippen LogP contribution in [0.1, 0.15) is 44.3 Å². The van der Waals surface area contributed by atoms with Crippen molar-refractivity contribution in [1.82, 2.24) is 20.4 Å². The van der Waals surface area contributed by atoms with Crippen molar-refractivity contribution in [2.75, 3.05) is 60.1 Å². The molecule has 0 bridgehead atoms. The van der Waals surface area contributed by atoms with Gasteiger partial charge in [-0.05, 0) is 63.3 Å². The monoisotopic (exact) mass is 512 g/mol. The van der Waals surface area contributed by atoms with Gasteiger partial charge in [-0.2, -0.15) is 0 Å². The molecule has 1 fully saturated rings. The number of carbonyl (C=O) groups is 2.